The molecule has 1 aliphatic rings. The highest BCUT2D eigenvalue weighted by atomic mass is 16.5. The van der Waals surface area contributed by atoms with Crippen molar-refractivity contribution < 1.29 is 33.6 Å². The largest absolute Gasteiger partial charge is 0.507 e. The first-order valence-electron chi connectivity index (χ1n) is 12.1. The number of nitrogens with zero attached hydrogens (tertiary/aromatic N) is 2. The van der Waals surface area contributed by atoms with Crippen molar-refractivity contribution >= 4 is 17.4 Å². The van der Waals surface area contributed by atoms with Gasteiger partial charge in [-0.05, 0) is 66.1 Å². The van der Waals surface area contributed by atoms with Crippen LogP contribution in [-0.4, -0.2) is 54.6 Å². The number of ketones is 1. The Morgan fingerprint density at radius 3 is 2.13 bits per heavy atom. The SMILES string of the molecule is CCCOc1ccc(/C(O)=C2\C(=O)C(=O)N(Cc3ccncc3)C2c2cc(OC)c(OC)c(OC)c2)cc1. The summed E-state index contributed by atoms with van der Waals surface area (Å²) in [5, 5.41) is 11.4. The maximum atomic E-state index is 13.4. The predicted octanol–water partition coefficient (Wildman–Crippen LogP) is 4.52. The second-order valence-corrected chi connectivity index (χ2v) is 8.61. The van der Waals surface area contributed by atoms with Crippen molar-refractivity contribution in [2.75, 3.05) is 27.9 Å². The van der Waals surface area contributed by atoms with Crippen molar-refractivity contribution in [3.8, 4) is 23.0 Å². The Labute approximate surface area is 221 Å². The summed E-state index contributed by atoms with van der Waals surface area (Å²) in [5.41, 5.74) is 1.63. The van der Waals surface area contributed by atoms with Gasteiger partial charge in [0.05, 0.1) is 39.6 Å². The number of Topliss-reactive ketones (excluding diaryl/α,β-unsaturated/α-hetero) is 1. The van der Waals surface area contributed by atoms with Gasteiger partial charge in [0.15, 0.2) is 11.5 Å². The van der Waals surface area contributed by atoms with Crippen molar-refractivity contribution in [2.45, 2.75) is 25.9 Å². The summed E-state index contributed by atoms with van der Waals surface area (Å²) >= 11 is 0. The second-order valence-electron chi connectivity index (χ2n) is 8.61. The minimum absolute atomic E-state index is 0.0412. The van der Waals surface area contributed by atoms with Crippen molar-refractivity contribution in [1.29, 1.82) is 0 Å². The minimum atomic E-state index is -0.923. The third-order valence-electron chi connectivity index (χ3n) is 6.25. The van der Waals surface area contributed by atoms with Gasteiger partial charge in [-0.3, -0.25) is 14.6 Å². The van der Waals surface area contributed by atoms with E-state index in [-0.39, 0.29) is 17.9 Å². The molecule has 1 N–H and O–H groups in total. The van der Waals surface area contributed by atoms with Gasteiger partial charge in [0.1, 0.15) is 11.5 Å². The molecule has 1 unspecified atom stereocenters. The molecule has 1 atom stereocenters. The zero-order chi connectivity index (χ0) is 27.2. The standard InChI is InChI=1S/C29H30N2O7/c1-5-14-38-21-8-6-19(7-9-21)26(32)24-25(20-15-22(35-2)28(37-4)23(16-20)36-3)31(29(34)27(24)33)17-18-10-12-30-13-11-18/h6-13,15-16,25,32H,5,14,17H2,1-4H3/b26-24+. The monoisotopic (exact) mass is 518 g/mol. The molecule has 2 heterocycles. The fourth-order valence-corrected chi connectivity index (χ4v) is 4.42. The molecule has 1 aromatic heterocycles. The fraction of sp³-hybridized carbons (Fsp3) is 0.276. The molecular formula is C29H30N2O7. The molecule has 0 bridgehead atoms. The average molecular weight is 519 g/mol. The summed E-state index contributed by atoms with van der Waals surface area (Å²) < 4.78 is 22.1. The van der Waals surface area contributed by atoms with Crippen molar-refractivity contribution in [1.82, 2.24) is 9.88 Å². The number of amides is 1. The minimum Gasteiger partial charge on any atom is -0.507 e. The number of aliphatic hydroxyl groups is 1. The van der Waals surface area contributed by atoms with Crippen molar-refractivity contribution in [2.24, 2.45) is 0 Å². The molecule has 38 heavy (non-hydrogen) atoms. The molecule has 0 radical (unpaired) electrons. The van der Waals surface area contributed by atoms with Crippen LogP contribution in [-0.2, 0) is 16.1 Å². The zero-order valence-electron chi connectivity index (χ0n) is 21.8. The van der Waals surface area contributed by atoms with E-state index in [1.165, 1.54) is 26.2 Å². The third-order valence-corrected chi connectivity index (χ3v) is 6.25. The molecule has 9 nitrogen and oxygen atoms in total. The maximum Gasteiger partial charge on any atom is 0.295 e. The van der Waals surface area contributed by atoms with Gasteiger partial charge in [-0.25, -0.2) is 0 Å². The van der Waals surface area contributed by atoms with Gasteiger partial charge < -0.3 is 29.0 Å². The Kier molecular flexibility index (Phi) is 8.15. The normalized spacial score (nSPS) is 16.4. The number of carbonyl (C=O) groups excluding carboxylic acids is 2. The molecule has 2 aromatic carbocycles. The second kappa shape index (κ2) is 11.7. The Hall–Kier alpha value is -4.53. The number of hydrogen-bond donors (Lipinski definition) is 1. The predicted molar refractivity (Wildman–Crippen MR) is 140 cm³/mol. The highest BCUT2D eigenvalue weighted by Gasteiger charge is 2.46. The third kappa shape index (κ3) is 5.13. The van der Waals surface area contributed by atoms with E-state index in [9.17, 15) is 14.7 Å². The first kappa shape index (κ1) is 26.5. The summed E-state index contributed by atoms with van der Waals surface area (Å²) in [6.07, 6.45) is 4.09. The first-order chi connectivity index (χ1) is 18.4. The number of hydrogen-bond acceptors (Lipinski definition) is 8. The zero-order valence-corrected chi connectivity index (χ0v) is 21.8. The van der Waals surface area contributed by atoms with Gasteiger partial charge in [-0.1, -0.05) is 6.92 Å². The van der Waals surface area contributed by atoms with Crippen LogP contribution in [0.2, 0.25) is 0 Å². The molecule has 1 fully saturated rings. The van der Waals surface area contributed by atoms with Crippen LogP contribution in [0.5, 0.6) is 23.0 Å². The van der Waals surface area contributed by atoms with Crippen LogP contribution in [0.4, 0.5) is 0 Å². The van der Waals surface area contributed by atoms with E-state index in [0.717, 1.165) is 12.0 Å². The van der Waals surface area contributed by atoms with E-state index in [1.807, 2.05) is 6.92 Å². The average Bonchev–Trinajstić information content (AvgIpc) is 3.20. The number of benzene rings is 2. The van der Waals surface area contributed by atoms with Crippen LogP contribution in [0, 0.1) is 0 Å². The van der Waals surface area contributed by atoms with Gasteiger partial charge in [0, 0.05) is 24.5 Å². The lowest BCUT2D eigenvalue weighted by atomic mass is 9.94. The Bertz CT molecular complexity index is 1310. The molecule has 3 aromatic rings. The van der Waals surface area contributed by atoms with E-state index in [1.54, 1.807) is 60.9 Å². The van der Waals surface area contributed by atoms with Crippen LogP contribution in [0.25, 0.3) is 5.76 Å². The molecule has 9 heteroatoms. The number of aliphatic hydroxyl groups excluding tert-OH is 1. The lowest BCUT2D eigenvalue weighted by Crippen LogP contribution is -2.29. The highest BCUT2D eigenvalue weighted by Crippen LogP contribution is 2.46. The molecule has 1 amide bonds. The molecule has 1 saturated heterocycles. The van der Waals surface area contributed by atoms with Crippen LogP contribution in [0.1, 0.15) is 36.1 Å². The number of rotatable bonds is 10. The Balaban J connectivity index is 1.88. The van der Waals surface area contributed by atoms with Crippen LogP contribution < -0.4 is 18.9 Å². The van der Waals surface area contributed by atoms with Gasteiger partial charge in [0.25, 0.3) is 11.7 Å². The number of pyridine rings is 1. The smallest absolute Gasteiger partial charge is 0.295 e. The molecule has 0 spiro atoms. The van der Waals surface area contributed by atoms with Crippen molar-refractivity contribution in [3.05, 3.63) is 83.2 Å². The van der Waals surface area contributed by atoms with Gasteiger partial charge >= 0.3 is 0 Å². The van der Waals surface area contributed by atoms with E-state index in [4.69, 9.17) is 18.9 Å². The summed E-state index contributed by atoms with van der Waals surface area (Å²) in [4.78, 5) is 32.2. The fourth-order valence-electron chi connectivity index (χ4n) is 4.42. The van der Waals surface area contributed by atoms with E-state index < -0.39 is 17.7 Å². The summed E-state index contributed by atoms with van der Waals surface area (Å²) in [6.45, 7) is 2.69. The molecule has 0 aliphatic carbocycles. The summed E-state index contributed by atoms with van der Waals surface area (Å²) in [6, 6.07) is 12.7. The lowest BCUT2D eigenvalue weighted by molar-refractivity contribution is -0.140. The first-order valence-corrected chi connectivity index (χ1v) is 12.1. The quantitative estimate of drug-likeness (QED) is 0.237. The highest BCUT2D eigenvalue weighted by molar-refractivity contribution is 6.46. The maximum absolute atomic E-state index is 13.4. The molecule has 1 aliphatic heterocycles. The van der Waals surface area contributed by atoms with E-state index in [0.29, 0.717) is 40.7 Å². The number of likely N-dealkylation sites (tertiary alicyclic amines) is 1. The molecule has 198 valence electrons. The Morgan fingerprint density at radius 1 is 0.947 bits per heavy atom. The van der Waals surface area contributed by atoms with Gasteiger partial charge in [-0.15, -0.1) is 0 Å². The van der Waals surface area contributed by atoms with Crippen LogP contribution in [0.3, 0.4) is 0 Å². The van der Waals surface area contributed by atoms with Gasteiger partial charge in [0.2, 0.25) is 5.75 Å². The summed E-state index contributed by atoms with van der Waals surface area (Å²) in [5.74, 6) is -0.0919. The van der Waals surface area contributed by atoms with E-state index >= 15 is 0 Å². The number of ether oxygens (including phenoxy) is 4. The molecular weight excluding hydrogens is 488 g/mol. The molecule has 0 saturated carbocycles. The number of carbonyl (C=O) groups is 2. The molecule has 4 rings (SSSR count). The topological polar surface area (TPSA) is 107 Å². The van der Waals surface area contributed by atoms with Crippen LogP contribution >= 0.6 is 0 Å². The van der Waals surface area contributed by atoms with Crippen molar-refractivity contribution in [3.63, 3.8) is 0 Å². The van der Waals surface area contributed by atoms with Gasteiger partial charge in [-0.2, -0.15) is 0 Å². The number of aromatic nitrogens is 1. The number of methoxy groups -OCH3 is 3. The van der Waals surface area contributed by atoms with E-state index in [2.05, 4.69) is 4.98 Å². The summed E-state index contributed by atoms with van der Waals surface area (Å²) in [7, 11) is 4.46. The lowest BCUT2D eigenvalue weighted by Gasteiger charge is -2.26. The Morgan fingerprint density at radius 2 is 1.58 bits per heavy atom. The van der Waals surface area contributed by atoms with Crippen LogP contribution in [0.15, 0.2) is 66.5 Å².